The third-order valence-electron chi connectivity index (χ3n) is 4.60. The minimum absolute atomic E-state index is 0.0322. The van der Waals surface area contributed by atoms with E-state index in [1.165, 1.54) is 12.1 Å². The third-order valence-corrected chi connectivity index (χ3v) is 4.60. The van der Waals surface area contributed by atoms with Gasteiger partial charge in [-0.05, 0) is 62.7 Å². The molecule has 0 spiro atoms. The Balaban J connectivity index is 1.43. The van der Waals surface area contributed by atoms with Crippen LogP contribution in [-0.2, 0) is 9.59 Å². The first kappa shape index (κ1) is 19.0. The van der Waals surface area contributed by atoms with Crippen LogP contribution in [0.25, 0.3) is 0 Å². The van der Waals surface area contributed by atoms with E-state index in [1.54, 1.807) is 24.4 Å². The van der Waals surface area contributed by atoms with Crippen molar-refractivity contribution in [1.29, 1.82) is 0 Å². The van der Waals surface area contributed by atoms with Crippen molar-refractivity contribution in [2.45, 2.75) is 19.8 Å². The molecular formula is C20H23FN4O2. The molecule has 6 nitrogen and oxygen atoms in total. The number of hydrogen-bond acceptors (Lipinski definition) is 4. The quantitative estimate of drug-likeness (QED) is 0.849. The first-order chi connectivity index (χ1) is 13.0. The van der Waals surface area contributed by atoms with Crippen LogP contribution in [0.4, 0.5) is 15.9 Å². The maximum absolute atomic E-state index is 13.2. The lowest BCUT2D eigenvalue weighted by atomic mass is 9.96. The predicted molar refractivity (Wildman–Crippen MR) is 102 cm³/mol. The van der Waals surface area contributed by atoms with E-state index in [9.17, 15) is 14.0 Å². The summed E-state index contributed by atoms with van der Waals surface area (Å²) in [7, 11) is 0. The van der Waals surface area contributed by atoms with Crippen LogP contribution < -0.4 is 10.6 Å². The van der Waals surface area contributed by atoms with E-state index in [1.807, 2.05) is 17.9 Å². The number of amides is 2. The van der Waals surface area contributed by atoms with E-state index < -0.39 is 0 Å². The van der Waals surface area contributed by atoms with Gasteiger partial charge in [0.1, 0.15) is 11.6 Å². The van der Waals surface area contributed by atoms with Crippen LogP contribution in [0.1, 0.15) is 18.4 Å². The summed E-state index contributed by atoms with van der Waals surface area (Å²) in [6.07, 6.45) is 3.09. The Kier molecular flexibility index (Phi) is 6.13. The van der Waals surface area contributed by atoms with Crippen molar-refractivity contribution >= 4 is 23.3 Å². The number of piperidine rings is 1. The SMILES string of the molecule is Cc1ccc(NC(=O)C2CCN(CC(=O)Nc3cccc(F)c3)CC2)nc1. The maximum atomic E-state index is 13.2. The number of aromatic nitrogens is 1. The summed E-state index contributed by atoms with van der Waals surface area (Å²) in [5.74, 6) is -0.136. The van der Waals surface area contributed by atoms with Gasteiger partial charge < -0.3 is 10.6 Å². The fourth-order valence-electron chi connectivity index (χ4n) is 3.09. The molecule has 1 aromatic carbocycles. The highest BCUT2D eigenvalue weighted by molar-refractivity contribution is 5.93. The van der Waals surface area contributed by atoms with Crippen molar-refractivity contribution < 1.29 is 14.0 Å². The predicted octanol–water partition coefficient (Wildman–Crippen LogP) is 2.82. The molecule has 0 bridgehead atoms. The summed E-state index contributed by atoms with van der Waals surface area (Å²) in [4.78, 5) is 30.7. The number of carbonyl (C=O) groups is 2. The van der Waals surface area contributed by atoms with Gasteiger partial charge in [-0.3, -0.25) is 14.5 Å². The van der Waals surface area contributed by atoms with Crippen molar-refractivity contribution in [3.05, 3.63) is 54.0 Å². The molecular weight excluding hydrogens is 347 g/mol. The van der Waals surface area contributed by atoms with Gasteiger partial charge in [0, 0.05) is 17.8 Å². The lowest BCUT2D eigenvalue weighted by Crippen LogP contribution is -2.41. The third kappa shape index (κ3) is 5.59. The van der Waals surface area contributed by atoms with Crippen molar-refractivity contribution in [1.82, 2.24) is 9.88 Å². The number of rotatable bonds is 5. The van der Waals surface area contributed by atoms with Gasteiger partial charge in [0.25, 0.3) is 0 Å². The Morgan fingerprint density at radius 1 is 1.19 bits per heavy atom. The van der Waals surface area contributed by atoms with E-state index in [-0.39, 0.29) is 30.1 Å². The Morgan fingerprint density at radius 3 is 2.63 bits per heavy atom. The van der Waals surface area contributed by atoms with Crippen molar-refractivity contribution in [2.24, 2.45) is 5.92 Å². The van der Waals surface area contributed by atoms with Crippen LogP contribution >= 0.6 is 0 Å². The number of anilines is 2. The number of carbonyl (C=O) groups excluding carboxylic acids is 2. The van der Waals surface area contributed by atoms with Gasteiger partial charge in [-0.15, -0.1) is 0 Å². The maximum Gasteiger partial charge on any atom is 0.238 e. The fourth-order valence-corrected chi connectivity index (χ4v) is 3.09. The standard InChI is InChI=1S/C20H23FN4O2/c1-14-5-6-18(22-12-14)24-20(27)15-7-9-25(10-8-15)13-19(26)23-17-4-2-3-16(21)11-17/h2-6,11-12,15H,7-10,13H2,1H3,(H,23,26)(H,22,24,27). The summed E-state index contributed by atoms with van der Waals surface area (Å²) in [6.45, 7) is 3.50. The molecule has 0 aliphatic carbocycles. The average Bonchev–Trinajstić information content (AvgIpc) is 2.64. The lowest BCUT2D eigenvalue weighted by Gasteiger charge is -2.30. The molecule has 2 aromatic rings. The van der Waals surface area contributed by atoms with Gasteiger partial charge in [0.15, 0.2) is 0 Å². The zero-order chi connectivity index (χ0) is 19.2. The molecule has 0 radical (unpaired) electrons. The number of pyridine rings is 1. The summed E-state index contributed by atoms with van der Waals surface area (Å²) in [6, 6.07) is 9.52. The number of hydrogen-bond donors (Lipinski definition) is 2. The zero-order valence-electron chi connectivity index (χ0n) is 15.2. The van der Waals surface area contributed by atoms with Crippen LogP contribution in [0.15, 0.2) is 42.6 Å². The summed E-state index contributed by atoms with van der Waals surface area (Å²) in [5.41, 5.74) is 1.48. The molecule has 0 saturated carbocycles. The molecule has 1 fully saturated rings. The molecule has 7 heteroatoms. The Bertz CT molecular complexity index is 802. The molecule has 2 heterocycles. The summed E-state index contributed by atoms with van der Waals surface area (Å²) in [5, 5.41) is 5.54. The largest absolute Gasteiger partial charge is 0.325 e. The van der Waals surface area contributed by atoms with Gasteiger partial charge in [-0.25, -0.2) is 9.37 Å². The number of nitrogens with one attached hydrogen (secondary N) is 2. The molecule has 2 N–H and O–H groups in total. The molecule has 1 aliphatic rings. The molecule has 0 atom stereocenters. The Morgan fingerprint density at radius 2 is 1.96 bits per heavy atom. The van der Waals surface area contributed by atoms with Gasteiger partial charge in [0.2, 0.25) is 11.8 Å². The van der Waals surface area contributed by atoms with Crippen LogP contribution in [-0.4, -0.2) is 41.3 Å². The molecule has 142 valence electrons. The van der Waals surface area contributed by atoms with Gasteiger partial charge in [-0.2, -0.15) is 0 Å². The monoisotopic (exact) mass is 370 g/mol. The second kappa shape index (κ2) is 8.73. The van der Waals surface area contributed by atoms with E-state index in [2.05, 4.69) is 15.6 Å². The number of halogens is 1. The molecule has 0 unspecified atom stereocenters. The minimum Gasteiger partial charge on any atom is -0.325 e. The number of aryl methyl sites for hydroxylation is 1. The topological polar surface area (TPSA) is 74.3 Å². The highest BCUT2D eigenvalue weighted by Gasteiger charge is 2.26. The van der Waals surface area contributed by atoms with Crippen LogP contribution in [0.2, 0.25) is 0 Å². The van der Waals surface area contributed by atoms with Crippen LogP contribution in [0, 0.1) is 18.7 Å². The normalized spacial score (nSPS) is 15.3. The average molecular weight is 370 g/mol. The lowest BCUT2D eigenvalue weighted by molar-refractivity contribution is -0.121. The Labute approximate surface area is 157 Å². The van der Waals surface area contributed by atoms with Gasteiger partial charge >= 0.3 is 0 Å². The highest BCUT2D eigenvalue weighted by atomic mass is 19.1. The first-order valence-corrected chi connectivity index (χ1v) is 9.01. The molecule has 1 aliphatic heterocycles. The number of benzene rings is 1. The van der Waals surface area contributed by atoms with E-state index in [0.29, 0.717) is 37.4 Å². The smallest absolute Gasteiger partial charge is 0.238 e. The summed E-state index contributed by atoms with van der Waals surface area (Å²) < 4.78 is 13.2. The fraction of sp³-hybridized carbons (Fsp3) is 0.350. The molecule has 2 amide bonds. The first-order valence-electron chi connectivity index (χ1n) is 9.01. The van der Waals surface area contributed by atoms with E-state index in [0.717, 1.165) is 5.56 Å². The molecule has 3 rings (SSSR count). The Hall–Kier alpha value is -2.80. The molecule has 1 aromatic heterocycles. The van der Waals surface area contributed by atoms with Gasteiger partial charge in [-0.1, -0.05) is 12.1 Å². The second-order valence-electron chi connectivity index (χ2n) is 6.82. The van der Waals surface area contributed by atoms with Crippen molar-refractivity contribution in [2.75, 3.05) is 30.3 Å². The zero-order valence-corrected chi connectivity index (χ0v) is 15.2. The van der Waals surface area contributed by atoms with Crippen molar-refractivity contribution in [3.8, 4) is 0 Å². The van der Waals surface area contributed by atoms with E-state index >= 15 is 0 Å². The highest BCUT2D eigenvalue weighted by Crippen LogP contribution is 2.19. The number of nitrogens with zero attached hydrogens (tertiary/aromatic N) is 2. The van der Waals surface area contributed by atoms with Crippen molar-refractivity contribution in [3.63, 3.8) is 0 Å². The van der Waals surface area contributed by atoms with Crippen LogP contribution in [0.3, 0.4) is 0 Å². The second-order valence-corrected chi connectivity index (χ2v) is 6.82. The van der Waals surface area contributed by atoms with Gasteiger partial charge in [0.05, 0.1) is 6.54 Å². The molecule has 27 heavy (non-hydrogen) atoms. The minimum atomic E-state index is -0.386. The summed E-state index contributed by atoms with van der Waals surface area (Å²) >= 11 is 0. The van der Waals surface area contributed by atoms with E-state index in [4.69, 9.17) is 0 Å². The number of likely N-dealkylation sites (tertiary alicyclic amines) is 1. The molecule has 1 saturated heterocycles. The van der Waals surface area contributed by atoms with Crippen LogP contribution in [0.5, 0.6) is 0 Å².